The fraction of sp³-hybridized carbons (Fsp3) is 0.500. The quantitative estimate of drug-likeness (QED) is 0.581. The fourth-order valence-corrected chi connectivity index (χ4v) is 1.53. The van der Waals surface area contributed by atoms with E-state index in [0.29, 0.717) is 12.5 Å². The maximum absolute atomic E-state index is 5.82. The largest absolute Gasteiger partial charge is 0.492 e. The average molecular weight is 265 g/mol. The number of ether oxygens (including phenoxy) is 1. The van der Waals surface area contributed by atoms with Crippen LogP contribution in [-0.2, 0) is 0 Å². The zero-order chi connectivity index (χ0) is 13.6. The zero-order valence-electron chi connectivity index (χ0n) is 11.6. The van der Waals surface area contributed by atoms with Gasteiger partial charge in [-0.3, -0.25) is 0 Å². The van der Waals surface area contributed by atoms with E-state index in [-0.39, 0.29) is 5.41 Å². The highest BCUT2D eigenvalue weighted by Crippen LogP contribution is 2.22. The summed E-state index contributed by atoms with van der Waals surface area (Å²) in [7, 11) is 0. The van der Waals surface area contributed by atoms with Crippen molar-refractivity contribution in [1.82, 2.24) is 0 Å². The summed E-state index contributed by atoms with van der Waals surface area (Å²) in [6, 6.07) is 6.06. The lowest BCUT2D eigenvalue weighted by molar-refractivity contribution is 0.242. The van der Waals surface area contributed by atoms with Gasteiger partial charge >= 0.3 is 0 Å². The minimum Gasteiger partial charge on any atom is -0.492 e. The van der Waals surface area contributed by atoms with Crippen LogP contribution >= 0.6 is 11.6 Å². The highest BCUT2D eigenvalue weighted by atomic mass is 35.5. The molecule has 0 bridgehead atoms. The minimum atomic E-state index is 0.284. The van der Waals surface area contributed by atoms with Gasteiger partial charge in [-0.05, 0) is 36.5 Å². The maximum atomic E-state index is 5.82. The summed E-state index contributed by atoms with van der Waals surface area (Å²) in [5.74, 6) is 7.11. The third-order valence-electron chi connectivity index (χ3n) is 2.53. The molecule has 0 amide bonds. The van der Waals surface area contributed by atoms with E-state index >= 15 is 0 Å². The van der Waals surface area contributed by atoms with E-state index in [1.54, 1.807) is 0 Å². The Labute approximate surface area is 115 Å². The van der Waals surface area contributed by atoms with Crippen LogP contribution in [0, 0.1) is 24.2 Å². The molecule has 0 saturated carbocycles. The predicted molar refractivity (Wildman–Crippen MR) is 78.3 cm³/mol. The Kier molecular flexibility index (Phi) is 5.56. The summed E-state index contributed by atoms with van der Waals surface area (Å²) in [5, 5.41) is 0. The Balaban J connectivity index is 2.75. The lowest BCUT2D eigenvalue weighted by atomic mass is 9.93. The van der Waals surface area contributed by atoms with Crippen molar-refractivity contribution in [3.8, 4) is 17.6 Å². The second kappa shape index (κ2) is 6.71. The van der Waals surface area contributed by atoms with Gasteiger partial charge in [0.05, 0.1) is 18.1 Å². The first-order valence-electron chi connectivity index (χ1n) is 6.21. The molecule has 0 spiro atoms. The molecule has 0 N–H and O–H groups in total. The summed E-state index contributed by atoms with van der Waals surface area (Å²) >= 11 is 5.59. The molecule has 98 valence electrons. The highest BCUT2D eigenvalue weighted by molar-refractivity contribution is 6.19. The number of hydrogen-bond donors (Lipinski definition) is 0. The van der Waals surface area contributed by atoms with Crippen LogP contribution in [0.4, 0.5) is 0 Å². The van der Waals surface area contributed by atoms with E-state index in [2.05, 4.69) is 32.6 Å². The molecule has 1 aromatic rings. The van der Waals surface area contributed by atoms with Gasteiger partial charge in [-0.1, -0.05) is 38.7 Å². The predicted octanol–water partition coefficient (Wildman–Crippen LogP) is 4.40. The van der Waals surface area contributed by atoms with Crippen LogP contribution in [0.2, 0.25) is 0 Å². The van der Waals surface area contributed by atoms with Gasteiger partial charge in [-0.15, -0.1) is 11.6 Å². The smallest absolute Gasteiger partial charge is 0.134 e. The summed E-state index contributed by atoms with van der Waals surface area (Å²) in [4.78, 5) is 0. The second-order valence-corrected chi connectivity index (χ2v) is 5.86. The first-order valence-corrected chi connectivity index (χ1v) is 6.74. The number of halogens is 1. The highest BCUT2D eigenvalue weighted by Gasteiger charge is 2.10. The monoisotopic (exact) mass is 264 g/mol. The zero-order valence-corrected chi connectivity index (χ0v) is 12.4. The van der Waals surface area contributed by atoms with Crippen molar-refractivity contribution in [1.29, 1.82) is 0 Å². The Morgan fingerprint density at radius 1 is 1.28 bits per heavy atom. The van der Waals surface area contributed by atoms with Crippen molar-refractivity contribution in [3.63, 3.8) is 0 Å². The SMILES string of the molecule is Cc1ccc(OCCC(C)(C)C)c(C#CCCl)c1. The lowest BCUT2D eigenvalue weighted by Crippen LogP contribution is -2.11. The van der Waals surface area contributed by atoms with E-state index in [0.717, 1.165) is 17.7 Å². The molecule has 0 saturated heterocycles. The van der Waals surface area contributed by atoms with Gasteiger partial charge in [-0.2, -0.15) is 0 Å². The summed E-state index contributed by atoms with van der Waals surface area (Å²) < 4.78 is 5.82. The van der Waals surface area contributed by atoms with Crippen LogP contribution in [0.1, 0.15) is 38.3 Å². The van der Waals surface area contributed by atoms with Crippen LogP contribution in [0.5, 0.6) is 5.75 Å². The van der Waals surface area contributed by atoms with Crippen molar-refractivity contribution in [2.24, 2.45) is 5.41 Å². The van der Waals surface area contributed by atoms with Crippen LogP contribution < -0.4 is 4.74 Å². The molecular weight excluding hydrogens is 244 g/mol. The Bertz CT molecular complexity index is 446. The van der Waals surface area contributed by atoms with Crippen LogP contribution in [0.15, 0.2) is 18.2 Å². The van der Waals surface area contributed by atoms with Crippen molar-refractivity contribution >= 4 is 11.6 Å². The molecule has 0 atom stereocenters. The topological polar surface area (TPSA) is 9.23 Å². The Morgan fingerprint density at radius 2 is 2.00 bits per heavy atom. The molecular formula is C16H21ClO. The minimum absolute atomic E-state index is 0.284. The third-order valence-corrected chi connectivity index (χ3v) is 2.67. The number of aryl methyl sites for hydroxylation is 1. The van der Waals surface area contributed by atoms with Gasteiger partial charge in [0.25, 0.3) is 0 Å². The van der Waals surface area contributed by atoms with Gasteiger partial charge in [0.2, 0.25) is 0 Å². The van der Waals surface area contributed by atoms with Crippen LogP contribution in [-0.4, -0.2) is 12.5 Å². The van der Waals surface area contributed by atoms with Gasteiger partial charge in [-0.25, -0.2) is 0 Å². The summed E-state index contributed by atoms with van der Waals surface area (Å²) in [6.45, 7) is 9.38. The molecule has 0 aliphatic heterocycles. The van der Waals surface area contributed by atoms with E-state index in [4.69, 9.17) is 16.3 Å². The molecule has 1 aromatic carbocycles. The van der Waals surface area contributed by atoms with E-state index in [1.165, 1.54) is 5.56 Å². The summed E-state index contributed by atoms with van der Waals surface area (Å²) in [6.07, 6.45) is 1.02. The van der Waals surface area contributed by atoms with E-state index in [1.807, 2.05) is 25.1 Å². The van der Waals surface area contributed by atoms with Crippen molar-refractivity contribution in [2.45, 2.75) is 34.1 Å². The summed E-state index contributed by atoms with van der Waals surface area (Å²) in [5.41, 5.74) is 2.38. The van der Waals surface area contributed by atoms with Gasteiger partial charge < -0.3 is 4.74 Å². The molecule has 0 fully saturated rings. The standard InChI is InChI=1S/C16H21ClO/c1-13-7-8-15(14(12-13)6-5-10-17)18-11-9-16(2,3)4/h7-8,12H,9-11H2,1-4H3. The molecule has 1 nitrogen and oxygen atoms in total. The maximum Gasteiger partial charge on any atom is 0.134 e. The fourth-order valence-electron chi connectivity index (χ4n) is 1.46. The molecule has 0 unspecified atom stereocenters. The van der Waals surface area contributed by atoms with Crippen molar-refractivity contribution in [3.05, 3.63) is 29.3 Å². The Hall–Kier alpha value is -1.13. The first-order chi connectivity index (χ1) is 8.42. The van der Waals surface area contributed by atoms with Crippen molar-refractivity contribution in [2.75, 3.05) is 12.5 Å². The lowest BCUT2D eigenvalue weighted by Gasteiger charge is -2.18. The number of rotatable bonds is 3. The number of benzene rings is 1. The molecule has 0 heterocycles. The average Bonchev–Trinajstić information content (AvgIpc) is 2.27. The Morgan fingerprint density at radius 3 is 2.61 bits per heavy atom. The van der Waals surface area contributed by atoms with E-state index < -0.39 is 0 Å². The number of alkyl halides is 1. The normalized spacial score (nSPS) is 10.7. The second-order valence-electron chi connectivity index (χ2n) is 5.59. The third kappa shape index (κ3) is 5.47. The van der Waals surface area contributed by atoms with E-state index in [9.17, 15) is 0 Å². The first kappa shape index (κ1) is 14.9. The van der Waals surface area contributed by atoms with Crippen molar-refractivity contribution < 1.29 is 4.74 Å². The molecule has 0 aliphatic carbocycles. The van der Waals surface area contributed by atoms with Gasteiger partial charge in [0.1, 0.15) is 5.75 Å². The molecule has 1 rings (SSSR count). The molecule has 18 heavy (non-hydrogen) atoms. The molecule has 0 aliphatic rings. The number of hydrogen-bond acceptors (Lipinski definition) is 1. The molecule has 0 radical (unpaired) electrons. The van der Waals surface area contributed by atoms with Crippen LogP contribution in [0.25, 0.3) is 0 Å². The van der Waals surface area contributed by atoms with Gasteiger partial charge in [0, 0.05) is 0 Å². The molecule has 2 heteroatoms. The molecule has 0 aromatic heterocycles. The van der Waals surface area contributed by atoms with Crippen LogP contribution in [0.3, 0.4) is 0 Å². The van der Waals surface area contributed by atoms with Gasteiger partial charge in [0.15, 0.2) is 0 Å².